The van der Waals surface area contributed by atoms with E-state index in [0.29, 0.717) is 6.54 Å². The maximum atomic E-state index is 12.9. The van der Waals surface area contributed by atoms with Crippen LogP contribution in [0, 0.1) is 5.82 Å². The summed E-state index contributed by atoms with van der Waals surface area (Å²) in [4.78, 5) is 2.00. The Labute approximate surface area is 108 Å². The fraction of sp³-hybridized carbons (Fsp3) is 0.571. The minimum Gasteiger partial charge on any atom is -0.389 e. The fourth-order valence-electron chi connectivity index (χ4n) is 2.33. The zero-order valence-electron chi connectivity index (χ0n) is 11.5. The van der Waals surface area contributed by atoms with Crippen LogP contribution >= 0.6 is 0 Å². The highest BCUT2D eigenvalue weighted by Gasteiger charge is 2.25. The SMILES string of the molecule is CC(N)C(c1ccc(F)cc1)N(C)CC(C)(C)O. The molecule has 0 aliphatic carbocycles. The standard InChI is InChI=1S/C14H23FN2O/c1-10(16)13(17(4)9-14(2,3)18)11-5-7-12(15)8-6-11/h5-8,10,13,18H,9,16H2,1-4H3. The van der Waals surface area contributed by atoms with Gasteiger partial charge >= 0.3 is 0 Å². The van der Waals surface area contributed by atoms with Gasteiger partial charge in [0.15, 0.2) is 0 Å². The summed E-state index contributed by atoms with van der Waals surface area (Å²) in [5.74, 6) is -0.257. The van der Waals surface area contributed by atoms with Gasteiger partial charge in [0.05, 0.1) is 5.60 Å². The molecule has 0 bridgehead atoms. The Bertz CT molecular complexity index is 370. The number of halogens is 1. The molecular weight excluding hydrogens is 231 g/mol. The predicted molar refractivity (Wildman–Crippen MR) is 71.7 cm³/mol. The fourth-order valence-corrected chi connectivity index (χ4v) is 2.33. The third-order valence-corrected chi connectivity index (χ3v) is 2.82. The summed E-state index contributed by atoms with van der Waals surface area (Å²) in [7, 11) is 1.91. The lowest BCUT2D eigenvalue weighted by atomic mass is 9.98. The number of aliphatic hydroxyl groups is 1. The van der Waals surface area contributed by atoms with Crippen molar-refractivity contribution in [2.45, 2.75) is 38.5 Å². The summed E-state index contributed by atoms with van der Waals surface area (Å²) >= 11 is 0. The van der Waals surface area contributed by atoms with Crippen LogP contribution in [0.1, 0.15) is 32.4 Å². The van der Waals surface area contributed by atoms with E-state index in [1.165, 1.54) is 12.1 Å². The van der Waals surface area contributed by atoms with Crippen molar-refractivity contribution in [1.82, 2.24) is 4.90 Å². The van der Waals surface area contributed by atoms with Crippen LogP contribution in [0.4, 0.5) is 4.39 Å². The van der Waals surface area contributed by atoms with Gasteiger partial charge in [-0.15, -0.1) is 0 Å². The van der Waals surface area contributed by atoms with Crippen molar-refractivity contribution in [3.63, 3.8) is 0 Å². The molecule has 0 aromatic heterocycles. The van der Waals surface area contributed by atoms with Gasteiger partial charge in [-0.25, -0.2) is 4.39 Å². The van der Waals surface area contributed by atoms with Gasteiger partial charge in [-0.2, -0.15) is 0 Å². The first-order valence-corrected chi connectivity index (χ1v) is 6.14. The van der Waals surface area contributed by atoms with Gasteiger partial charge in [0.1, 0.15) is 5.82 Å². The molecule has 1 aromatic rings. The highest BCUT2D eigenvalue weighted by atomic mass is 19.1. The topological polar surface area (TPSA) is 49.5 Å². The molecule has 2 unspecified atom stereocenters. The van der Waals surface area contributed by atoms with Gasteiger partial charge in [0.2, 0.25) is 0 Å². The quantitative estimate of drug-likeness (QED) is 0.844. The number of hydrogen-bond donors (Lipinski definition) is 2. The van der Waals surface area contributed by atoms with Crippen LogP contribution in [0.3, 0.4) is 0 Å². The lowest BCUT2D eigenvalue weighted by Crippen LogP contribution is -2.43. The van der Waals surface area contributed by atoms with E-state index < -0.39 is 5.60 Å². The molecule has 0 aliphatic heterocycles. The van der Waals surface area contributed by atoms with Crippen molar-refractivity contribution in [2.24, 2.45) is 5.73 Å². The molecule has 0 heterocycles. The first-order valence-electron chi connectivity index (χ1n) is 6.14. The smallest absolute Gasteiger partial charge is 0.123 e. The molecule has 4 heteroatoms. The summed E-state index contributed by atoms with van der Waals surface area (Å²) < 4.78 is 12.9. The number of rotatable bonds is 5. The molecule has 0 saturated carbocycles. The minimum absolute atomic E-state index is 0.0444. The van der Waals surface area contributed by atoms with Crippen LogP contribution < -0.4 is 5.73 Å². The van der Waals surface area contributed by atoms with Gasteiger partial charge in [-0.05, 0) is 45.5 Å². The molecule has 0 saturated heterocycles. The van der Waals surface area contributed by atoms with Gasteiger partial charge in [-0.1, -0.05) is 12.1 Å². The summed E-state index contributed by atoms with van der Waals surface area (Å²) in [5.41, 5.74) is 6.18. The van der Waals surface area contributed by atoms with Crippen molar-refractivity contribution in [1.29, 1.82) is 0 Å². The zero-order valence-corrected chi connectivity index (χ0v) is 11.5. The Morgan fingerprint density at radius 1 is 1.33 bits per heavy atom. The molecule has 3 nitrogen and oxygen atoms in total. The molecule has 0 spiro atoms. The van der Waals surface area contributed by atoms with Crippen molar-refractivity contribution in [3.05, 3.63) is 35.6 Å². The predicted octanol–water partition coefficient (Wildman–Crippen LogP) is 1.92. The summed E-state index contributed by atoms with van der Waals surface area (Å²) in [6.45, 7) is 5.92. The molecule has 2 atom stereocenters. The van der Waals surface area contributed by atoms with Gasteiger partial charge in [0.25, 0.3) is 0 Å². The number of hydrogen-bond acceptors (Lipinski definition) is 3. The summed E-state index contributed by atoms with van der Waals surface area (Å²) in [6.07, 6.45) is 0. The second kappa shape index (κ2) is 5.78. The largest absolute Gasteiger partial charge is 0.389 e. The van der Waals surface area contributed by atoms with Gasteiger partial charge in [0, 0.05) is 18.6 Å². The van der Waals surface area contributed by atoms with Crippen LogP contribution in [-0.4, -0.2) is 35.2 Å². The lowest BCUT2D eigenvalue weighted by molar-refractivity contribution is 0.0278. The third kappa shape index (κ3) is 4.37. The highest BCUT2D eigenvalue weighted by molar-refractivity contribution is 5.21. The number of benzene rings is 1. The molecule has 102 valence electrons. The lowest BCUT2D eigenvalue weighted by Gasteiger charge is -2.35. The van der Waals surface area contributed by atoms with Gasteiger partial charge in [-0.3, -0.25) is 4.90 Å². The number of likely N-dealkylation sites (N-methyl/N-ethyl adjacent to an activating group) is 1. The normalized spacial score (nSPS) is 15.8. The summed E-state index contributed by atoms with van der Waals surface area (Å²) in [6, 6.07) is 6.19. The Morgan fingerprint density at radius 2 is 1.83 bits per heavy atom. The average Bonchev–Trinajstić information content (AvgIpc) is 2.18. The third-order valence-electron chi connectivity index (χ3n) is 2.82. The molecule has 0 aliphatic rings. The number of nitrogens with two attached hydrogens (primary N) is 1. The molecule has 0 amide bonds. The molecular formula is C14H23FN2O. The van der Waals surface area contributed by atoms with Crippen molar-refractivity contribution < 1.29 is 9.50 Å². The van der Waals surface area contributed by atoms with E-state index in [2.05, 4.69) is 0 Å². The molecule has 18 heavy (non-hydrogen) atoms. The Morgan fingerprint density at radius 3 is 2.22 bits per heavy atom. The second-order valence-electron chi connectivity index (χ2n) is 5.58. The highest BCUT2D eigenvalue weighted by Crippen LogP contribution is 2.24. The average molecular weight is 254 g/mol. The zero-order chi connectivity index (χ0) is 13.9. The van der Waals surface area contributed by atoms with E-state index in [0.717, 1.165) is 5.56 Å². The van der Waals surface area contributed by atoms with Crippen LogP contribution in [0.5, 0.6) is 0 Å². The van der Waals surface area contributed by atoms with E-state index in [1.807, 2.05) is 18.9 Å². The van der Waals surface area contributed by atoms with Crippen LogP contribution in [0.25, 0.3) is 0 Å². The Kier molecular flexibility index (Phi) is 4.85. The Balaban J connectivity index is 2.92. The van der Waals surface area contributed by atoms with E-state index in [9.17, 15) is 9.50 Å². The van der Waals surface area contributed by atoms with Crippen molar-refractivity contribution in [3.8, 4) is 0 Å². The summed E-state index contributed by atoms with van der Waals surface area (Å²) in [5, 5.41) is 9.87. The molecule has 1 aromatic carbocycles. The van der Waals surface area contributed by atoms with Crippen LogP contribution in [-0.2, 0) is 0 Å². The molecule has 3 N–H and O–H groups in total. The molecule has 0 fully saturated rings. The maximum absolute atomic E-state index is 12.9. The second-order valence-corrected chi connectivity index (χ2v) is 5.58. The van der Waals surface area contributed by atoms with Crippen molar-refractivity contribution >= 4 is 0 Å². The monoisotopic (exact) mass is 254 g/mol. The van der Waals surface area contributed by atoms with Gasteiger partial charge < -0.3 is 10.8 Å². The molecule has 1 rings (SSSR count). The first-order chi connectivity index (χ1) is 8.20. The Hall–Kier alpha value is -0.970. The maximum Gasteiger partial charge on any atom is 0.123 e. The van der Waals surface area contributed by atoms with Crippen molar-refractivity contribution in [2.75, 3.05) is 13.6 Å². The van der Waals surface area contributed by atoms with Crippen LogP contribution in [0.15, 0.2) is 24.3 Å². The number of nitrogens with zero attached hydrogens (tertiary/aromatic N) is 1. The van der Waals surface area contributed by atoms with Crippen LogP contribution in [0.2, 0.25) is 0 Å². The van der Waals surface area contributed by atoms with E-state index >= 15 is 0 Å². The first kappa shape index (κ1) is 15.1. The molecule has 0 radical (unpaired) electrons. The van der Waals surface area contributed by atoms with E-state index in [4.69, 9.17) is 5.73 Å². The minimum atomic E-state index is -0.790. The van der Waals surface area contributed by atoms with E-state index in [1.54, 1.807) is 26.0 Å². The van der Waals surface area contributed by atoms with E-state index in [-0.39, 0.29) is 17.9 Å².